The van der Waals surface area contributed by atoms with Gasteiger partial charge in [0.25, 0.3) is 0 Å². The Balaban J connectivity index is 2.34. The second-order valence-corrected chi connectivity index (χ2v) is 16.9. The van der Waals surface area contributed by atoms with Crippen LogP contribution in [0, 0.1) is 5.41 Å². The normalized spacial score (nSPS) is 19.4. The third-order valence-electron chi connectivity index (χ3n) is 8.62. The minimum atomic E-state index is -3.17. The number of nitrogens with one attached hydrogen (secondary N) is 1. The van der Waals surface area contributed by atoms with Crippen LogP contribution in [0.25, 0.3) is 0 Å². The molecule has 1 aromatic carbocycles. The molecule has 2 rings (SSSR count). The van der Waals surface area contributed by atoms with Crippen LogP contribution in [0.15, 0.2) is 45.1 Å². The molecule has 0 aliphatic heterocycles. The summed E-state index contributed by atoms with van der Waals surface area (Å²) in [6, 6.07) is 2.86. The Labute approximate surface area is 296 Å². The predicted octanol–water partition coefficient (Wildman–Crippen LogP) is 8.13. The van der Waals surface area contributed by atoms with E-state index in [1.54, 1.807) is 24.6 Å². The summed E-state index contributed by atoms with van der Waals surface area (Å²) in [4.78, 5) is 26.3. The monoisotopic (exact) mass is 701 g/mol. The van der Waals surface area contributed by atoms with Crippen LogP contribution >= 0.6 is 0 Å². The fourth-order valence-electron chi connectivity index (χ4n) is 5.59. The van der Waals surface area contributed by atoms with E-state index in [1.807, 2.05) is 68.4 Å². The van der Waals surface area contributed by atoms with E-state index in [1.165, 1.54) is 0 Å². The van der Waals surface area contributed by atoms with E-state index in [4.69, 9.17) is 28.0 Å². The van der Waals surface area contributed by atoms with Gasteiger partial charge in [0.1, 0.15) is 17.3 Å². The summed E-state index contributed by atoms with van der Waals surface area (Å²) in [5, 5.41) is 22.3. The van der Waals surface area contributed by atoms with Crippen molar-refractivity contribution >= 4 is 27.4 Å². The molecular formula is C38H63N3O7Si. The van der Waals surface area contributed by atoms with Crippen LogP contribution in [-0.2, 0) is 23.5 Å². The smallest absolute Gasteiger partial charge is 0.507 e. The van der Waals surface area contributed by atoms with Crippen LogP contribution in [0.3, 0.4) is 0 Å². The lowest BCUT2D eigenvalue weighted by Gasteiger charge is -2.30. The molecule has 1 aromatic rings. The molecule has 3 N–H and O–H groups in total. The fraction of sp³-hybridized carbons (Fsp3) is 0.658. The number of esters is 1. The number of ether oxygens (including phenoxy) is 1. The molecule has 2 unspecified atom stereocenters. The number of allylic oxidation sites excluding steroid dienone is 3. The van der Waals surface area contributed by atoms with Crippen molar-refractivity contribution in [2.45, 2.75) is 139 Å². The summed E-state index contributed by atoms with van der Waals surface area (Å²) < 4.78 is 23.5. The van der Waals surface area contributed by atoms with Crippen molar-refractivity contribution in [1.82, 2.24) is 4.98 Å². The predicted molar refractivity (Wildman–Crippen MR) is 201 cm³/mol. The number of phenols is 1. The van der Waals surface area contributed by atoms with E-state index >= 15 is 0 Å². The maximum Gasteiger partial charge on any atom is 0.597 e. The van der Waals surface area contributed by atoms with Crippen LogP contribution < -0.4 is 9.72 Å². The molecule has 1 saturated carbocycles. The van der Waals surface area contributed by atoms with Gasteiger partial charge in [-0.3, -0.25) is 19.8 Å². The lowest BCUT2D eigenvalue weighted by molar-refractivity contribution is -0.134. The molecular weight excluding hydrogens is 639 g/mol. The Hall–Kier alpha value is -2.83. The van der Waals surface area contributed by atoms with Gasteiger partial charge in [-0.2, -0.15) is 0 Å². The largest absolute Gasteiger partial charge is 0.597 e. The highest BCUT2D eigenvalue weighted by Gasteiger charge is 2.43. The average molecular weight is 702 g/mol. The molecule has 49 heavy (non-hydrogen) atoms. The first-order valence-corrected chi connectivity index (χ1v) is 19.5. The van der Waals surface area contributed by atoms with E-state index < -0.39 is 20.4 Å². The molecule has 3 atom stereocenters. The summed E-state index contributed by atoms with van der Waals surface area (Å²) in [7, 11) is -3.17. The van der Waals surface area contributed by atoms with Crippen LogP contribution in [0.2, 0.25) is 0 Å². The van der Waals surface area contributed by atoms with Gasteiger partial charge in [0.15, 0.2) is 0 Å². The Morgan fingerprint density at radius 3 is 2.04 bits per heavy atom. The maximum atomic E-state index is 13.2. The van der Waals surface area contributed by atoms with Gasteiger partial charge in [-0.15, -0.1) is 0 Å². The number of aliphatic imine (C=N–C) groups is 2. The van der Waals surface area contributed by atoms with E-state index in [2.05, 4.69) is 25.8 Å². The van der Waals surface area contributed by atoms with Crippen molar-refractivity contribution in [1.29, 1.82) is 0 Å². The number of hydrogen-bond acceptors (Lipinski definition) is 10. The molecule has 0 heterocycles. The van der Waals surface area contributed by atoms with Crippen molar-refractivity contribution in [2.24, 2.45) is 15.4 Å². The van der Waals surface area contributed by atoms with Gasteiger partial charge in [0, 0.05) is 55.0 Å². The van der Waals surface area contributed by atoms with E-state index in [9.17, 15) is 15.0 Å². The first-order chi connectivity index (χ1) is 22.9. The minimum Gasteiger partial charge on any atom is -0.507 e. The minimum absolute atomic E-state index is 0.0487. The standard InChI is InChI=1S/C38H63N3O7Si/c1-13-28(35(43)27(6)37(7,8)9)24-39-32-19-17-18-20-33(32)40-25-29-22-30(23-31(36(29)44)38(10,11)12)48-34(42)21-26(5)41-49(45-14-2,46-15-3)47-16-4/h13,22-26,32-33,41,43-44H,14-21H2,1-12H3/b28-13-,35-27-,39-24?,40-25?/t26?,32-,33?/m1/s1. The number of hydrogen-bond donors (Lipinski definition) is 3. The number of carbonyl (C=O) groups excluding carboxylic acids is 1. The first-order valence-electron chi connectivity index (χ1n) is 17.8. The molecule has 0 spiro atoms. The molecule has 1 fully saturated rings. The number of nitrogens with zero attached hydrogens (tertiary/aromatic N) is 2. The first kappa shape index (κ1) is 42.3. The van der Waals surface area contributed by atoms with E-state index in [0.717, 1.165) is 31.3 Å². The van der Waals surface area contributed by atoms with Gasteiger partial charge in [0.05, 0.1) is 18.5 Å². The van der Waals surface area contributed by atoms with Crippen molar-refractivity contribution in [2.75, 3.05) is 19.8 Å². The Morgan fingerprint density at radius 2 is 1.55 bits per heavy atom. The van der Waals surface area contributed by atoms with Crippen molar-refractivity contribution in [3.05, 3.63) is 46.2 Å². The lowest BCUT2D eigenvalue weighted by atomic mass is 9.85. The van der Waals surface area contributed by atoms with Gasteiger partial charge >= 0.3 is 14.9 Å². The Bertz CT molecular complexity index is 1340. The average Bonchev–Trinajstić information content (AvgIpc) is 3.00. The summed E-state index contributed by atoms with van der Waals surface area (Å²) >= 11 is 0. The lowest BCUT2D eigenvalue weighted by Crippen LogP contribution is -2.62. The molecule has 10 nitrogen and oxygen atoms in total. The fourth-order valence-corrected chi connectivity index (χ4v) is 7.94. The van der Waals surface area contributed by atoms with Gasteiger partial charge in [-0.25, -0.2) is 0 Å². The highest BCUT2D eigenvalue weighted by molar-refractivity contribution is 6.58. The quantitative estimate of drug-likeness (QED) is 0.0393. The third-order valence-corrected chi connectivity index (χ3v) is 11.5. The highest BCUT2D eigenvalue weighted by Crippen LogP contribution is 2.37. The number of phenolic OH excluding ortho intramolecular Hbond substituents is 1. The zero-order chi connectivity index (χ0) is 37.0. The molecule has 0 bridgehead atoms. The van der Waals surface area contributed by atoms with E-state index in [0.29, 0.717) is 42.3 Å². The second-order valence-electron chi connectivity index (χ2n) is 14.7. The van der Waals surface area contributed by atoms with Crippen molar-refractivity contribution < 1.29 is 33.0 Å². The summed E-state index contributed by atoms with van der Waals surface area (Å²) in [5.41, 5.74) is 2.11. The molecule has 1 aliphatic carbocycles. The van der Waals surface area contributed by atoms with Gasteiger partial charge in [-0.1, -0.05) is 60.5 Å². The second kappa shape index (κ2) is 19.0. The zero-order valence-corrected chi connectivity index (χ0v) is 33.1. The van der Waals surface area contributed by atoms with Gasteiger partial charge in [-0.05, 0) is 82.9 Å². The summed E-state index contributed by atoms with van der Waals surface area (Å²) in [5.74, 6) is 0.245. The number of benzene rings is 1. The summed E-state index contributed by atoms with van der Waals surface area (Å²) in [6.45, 7) is 24.8. The van der Waals surface area contributed by atoms with Crippen molar-refractivity contribution in [3.8, 4) is 11.5 Å². The molecule has 11 heteroatoms. The topological polar surface area (TPSA) is 131 Å². The van der Waals surface area contributed by atoms with Gasteiger partial charge < -0.3 is 28.2 Å². The summed E-state index contributed by atoms with van der Waals surface area (Å²) in [6.07, 6.45) is 9.17. The molecule has 0 amide bonds. The molecule has 276 valence electrons. The number of aliphatic hydroxyl groups excluding tert-OH is 1. The SMILES string of the molecule is C/C=C(C=N[C@@H]1CCCCC1N=Cc1cc(OC(=O)CC(C)N[Si](OCC)(OCC)OCC)cc(C(C)(C)C)c1O)\C(O)=C(/C)C(C)(C)C. The van der Waals surface area contributed by atoms with Crippen LogP contribution in [0.4, 0.5) is 0 Å². The highest BCUT2D eigenvalue weighted by atomic mass is 28.4. The van der Waals surface area contributed by atoms with Gasteiger partial charge in [0.2, 0.25) is 0 Å². The zero-order valence-electron chi connectivity index (χ0n) is 32.1. The number of carbonyl (C=O) groups is 1. The Kier molecular flexibility index (Phi) is 16.4. The molecule has 0 aromatic heterocycles. The van der Waals surface area contributed by atoms with Crippen LogP contribution in [0.1, 0.15) is 126 Å². The van der Waals surface area contributed by atoms with Crippen LogP contribution in [-0.4, -0.2) is 75.5 Å². The number of aromatic hydroxyl groups is 1. The Morgan fingerprint density at radius 1 is 1.00 bits per heavy atom. The number of rotatable bonds is 16. The van der Waals surface area contributed by atoms with Crippen LogP contribution in [0.5, 0.6) is 11.5 Å². The molecule has 0 radical (unpaired) electrons. The third kappa shape index (κ3) is 12.8. The molecule has 0 saturated heterocycles. The maximum absolute atomic E-state index is 13.2. The van der Waals surface area contributed by atoms with E-state index in [-0.39, 0.29) is 41.5 Å². The molecule has 1 aliphatic rings. The van der Waals surface area contributed by atoms with Crippen molar-refractivity contribution in [3.63, 3.8) is 0 Å². The number of aliphatic hydroxyl groups is 1.